The third kappa shape index (κ3) is 3.95. The topological polar surface area (TPSA) is 20.3 Å². The van der Waals surface area contributed by atoms with Crippen LogP contribution in [0.1, 0.15) is 35.7 Å². The SMILES string of the molecule is CCCCN(C)C(=C(Br)Br)c1ccccc1C=O. The average molecular weight is 375 g/mol. The van der Waals surface area contributed by atoms with Crippen molar-refractivity contribution in [3.8, 4) is 0 Å². The molecule has 0 N–H and O–H groups in total. The first-order valence-corrected chi connectivity index (χ1v) is 7.51. The Morgan fingerprint density at radius 1 is 1.33 bits per heavy atom. The van der Waals surface area contributed by atoms with Gasteiger partial charge in [-0.25, -0.2) is 0 Å². The van der Waals surface area contributed by atoms with Gasteiger partial charge in [-0.2, -0.15) is 0 Å². The molecular formula is C14H17Br2NO. The summed E-state index contributed by atoms with van der Waals surface area (Å²) < 4.78 is 0.864. The third-order valence-corrected chi connectivity index (χ3v) is 3.50. The van der Waals surface area contributed by atoms with Crippen LogP contribution in [0.3, 0.4) is 0 Å². The molecular weight excluding hydrogens is 358 g/mol. The minimum atomic E-state index is 0.701. The Bertz CT molecular complexity index is 439. The van der Waals surface area contributed by atoms with E-state index in [0.29, 0.717) is 5.56 Å². The molecule has 0 aromatic heterocycles. The summed E-state index contributed by atoms with van der Waals surface area (Å²) in [4.78, 5) is 13.3. The Labute approximate surface area is 125 Å². The molecule has 98 valence electrons. The predicted octanol–water partition coefficient (Wildman–Crippen LogP) is 4.65. The van der Waals surface area contributed by atoms with Gasteiger partial charge in [-0.1, -0.05) is 37.6 Å². The van der Waals surface area contributed by atoms with Gasteiger partial charge in [0, 0.05) is 24.7 Å². The van der Waals surface area contributed by atoms with Crippen LogP contribution < -0.4 is 0 Å². The molecule has 0 amide bonds. The zero-order valence-corrected chi connectivity index (χ0v) is 13.8. The van der Waals surface area contributed by atoms with Gasteiger partial charge in [-0.3, -0.25) is 4.79 Å². The Kier molecular flexibility index (Phi) is 6.65. The molecule has 0 aliphatic rings. The minimum Gasteiger partial charge on any atom is -0.373 e. The molecule has 0 aliphatic heterocycles. The van der Waals surface area contributed by atoms with Gasteiger partial charge in [-0.05, 0) is 38.3 Å². The molecule has 0 saturated carbocycles. The predicted molar refractivity (Wildman–Crippen MR) is 84.1 cm³/mol. The van der Waals surface area contributed by atoms with Crippen molar-refractivity contribution in [2.75, 3.05) is 13.6 Å². The smallest absolute Gasteiger partial charge is 0.150 e. The molecule has 1 aromatic carbocycles. The van der Waals surface area contributed by atoms with E-state index in [0.717, 1.165) is 40.3 Å². The number of halogens is 2. The molecule has 0 radical (unpaired) electrons. The number of hydrogen-bond donors (Lipinski definition) is 0. The molecule has 0 atom stereocenters. The Morgan fingerprint density at radius 2 is 2.00 bits per heavy atom. The Balaban J connectivity index is 3.14. The molecule has 0 spiro atoms. The standard InChI is InChI=1S/C14H17Br2NO/c1-3-4-9-17(2)13(14(15)16)12-8-6-5-7-11(12)10-18/h5-8,10H,3-4,9H2,1-2H3. The zero-order chi connectivity index (χ0) is 13.5. The van der Waals surface area contributed by atoms with Gasteiger partial charge in [0.2, 0.25) is 0 Å². The summed E-state index contributed by atoms with van der Waals surface area (Å²) in [6.45, 7) is 3.12. The van der Waals surface area contributed by atoms with Crippen molar-refractivity contribution in [3.05, 3.63) is 38.8 Å². The molecule has 0 saturated heterocycles. The average Bonchev–Trinajstić information content (AvgIpc) is 2.36. The molecule has 18 heavy (non-hydrogen) atoms. The summed E-state index contributed by atoms with van der Waals surface area (Å²) in [6.07, 6.45) is 3.16. The van der Waals surface area contributed by atoms with Crippen molar-refractivity contribution in [1.82, 2.24) is 4.90 Å². The second-order valence-electron chi connectivity index (χ2n) is 4.09. The van der Waals surface area contributed by atoms with Crippen LogP contribution in [0.4, 0.5) is 0 Å². The zero-order valence-electron chi connectivity index (χ0n) is 10.6. The summed E-state index contributed by atoms with van der Waals surface area (Å²) in [5, 5.41) is 0. The lowest BCUT2D eigenvalue weighted by atomic mass is 10.1. The van der Waals surface area contributed by atoms with Crippen molar-refractivity contribution in [2.45, 2.75) is 19.8 Å². The largest absolute Gasteiger partial charge is 0.373 e. The van der Waals surface area contributed by atoms with E-state index in [9.17, 15) is 4.79 Å². The lowest BCUT2D eigenvalue weighted by Crippen LogP contribution is -2.19. The fraction of sp³-hybridized carbons (Fsp3) is 0.357. The van der Waals surface area contributed by atoms with E-state index in [1.165, 1.54) is 0 Å². The maximum Gasteiger partial charge on any atom is 0.150 e. The molecule has 0 unspecified atom stereocenters. The maximum absolute atomic E-state index is 11.1. The molecule has 0 fully saturated rings. The van der Waals surface area contributed by atoms with Crippen molar-refractivity contribution >= 4 is 43.8 Å². The van der Waals surface area contributed by atoms with Gasteiger partial charge in [0.05, 0.1) is 9.09 Å². The highest BCUT2D eigenvalue weighted by molar-refractivity contribution is 9.28. The second kappa shape index (κ2) is 7.74. The number of nitrogens with zero attached hydrogens (tertiary/aromatic N) is 1. The van der Waals surface area contributed by atoms with E-state index in [-0.39, 0.29) is 0 Å². The van der Waals surface area contributed by atoms with Crippen LogP contribution in [0.25, 0.3) is 5.70 Å². The monoisotopic (exact) mass is 373 g/mol. The lowest BCUT2D eigenvalue weighted by Gasteiger charge is -2.24. The first-order valence-electron chi connectivity index (χ1n) is 5.92. The van der Waals surface area contributed by atoms with Gasteiger partial charge in [0.15, 0.2) is 6.29 Å². The number of aldehydes is 1. The van der Waals surface area contributed by atoms with Crippen LogP contribution in [0, 0.1) is 0 Å². The molecule has 0 bridgehead atoms. The first kappa shape index (κ1) is 15.4. The Hall–Kier alpha value is -0.610. The number of carbonyl (C=O) groups excluding carboxylic acids is 1. The number of benzene rings is 1. The number of carbonyl (C=O) groups is 1. The highest BCUT2D eigenvalue weighted by Crippen LogP contribution is 2.31. The summed E-state index contributed by atoms with van der Waals surface area (Å²) in [5.41, 5.74) is 2.65. The molecule has 1 aromatic rings. The van der Waals surface area contributed by atoms with Gasteiger partial charge in [0.1, 0.15) is 0 Å². The third-order valence-electron chi connectivity index (χ3n) is 2.75. The first-order chi connectivity index (χ1) is 8.61. The van der Waals surface area contributed by atoms with E-state index in [2.05, 4.69) is 43.7 Å². The fourth-order valence-corrected chi connectivity index (χ4v) is 2.81. The summed E-state index contributed by atoms with van der Waals surface area (Å²) >= 11 is 6.94. The van der Waals surface area contributed by atoms with Crippen molar-refractivity contribution in [3.63, 3.8) is 0 Å². The van der Waals surface area contributed by atoms with Crippen LogP contribution in [0.2, 0.25) is 0 Å². The van der Waals surface area contributed by atoms with E-state index in [1.54, 1.807) is 0 Å². The summed E-state index contributed by atoms with van der Waals surface area (Å²) in [6, 6.07) is 7.61. The van der Waals surface area contributed by atoms with Gasteiger partial charge in [-0.15, -0.1) is 0 Å². The summed E-state index contributed by atoms with van der Waals surface area (Å²) in [5.74, 6) is 0. The molecule has 0 aliphatic carbocycles. The van der Waals surface area contributed by atoms with Gasteiger partial charge < -0.3 is 4.90 Å². The number of rotatable bonds is 6. The summed E-state index contributed by atoms with van der Waals surface area (Å²) in [7, 11) is 2.04. The lowest BCUT2D eigenvalue weighted by molar-refractivity contribution is 0.112. The van der Waals surface area contributed by atoms with Gasteiger partial charge >= 0.3 is 0 Å². The van der Waals surface area contributed by atoms with Crippen LogP contribution in [-0.2, 0) is 0 Å². The van der Waals surface area contributed by atoms with E-state index >= 15 is 0 Å². The second-order valence-corrected chi connectivity index (χ2v) is 6.74. The molecule has 4 heteroatoms. The van der Waals surface area contributed by atoms with E-state index in [4.69, 9.17) is 0 Å². The highest BCUT2D eigenvalue weighted by atomic mass is 79.9. The van der Waals surface area contributed by atoms with Crippen LogP contribution in [-0.4, -0.2) is 24.8 Å². The molecule has 0 heterocycles. The molecule has 2 nitrogen and oxygen atoms in total. The maximum atomic E-state index is 11.1. The normalized spacial score (nSPS) is 10.0. The quantitative estimate of drug-likeness (QED) is 0.675. The van der Waals surface area contributed by atoms with Crippen LogP contribution in [0.15, 0.2) is 27.7 Å². The van der Waals surface area contributed by atoms with Crippen molar-refractivity contribution in [2.24, 2.45) is 0 Å². The van der Waals surface area contributed by atoms with Crippen molar-refractivity contribution < 1.29 is 4.79 Å². The highest BCUT2D eigenvalue weighted by Gasteiger charge is 2.14. The molecule has 1 rings (SSSR count). The van der Waals surface area contributed by atoms with Crippen LogP contribution in [0.5, 0.6) is 0 Å². The Morgan fingerprint density at radius 3 is 2.56 bits per heavy atom. The van der Waals surface area contributed by atoms with Gasteiger partial charge in [0.25, 0.3) is 0 Å². The van der Waals surface area contributed by atoms with E-state index < -0.39 is 0 Å². The number of unbranched alkanes of at least 4 members (excludes halogenated alkanes) is 1. The fourth-order valence-electron chi connectivity index (χ4n) is 1.77. The van der Waals surface area contributed by atoms with Crippen molar-refractivity contribution in [1.29, 1.82) is 0 Å². The van der Waals surface area contributed by atoms with Crippen LogP contribution >= 0.6 is 31.9 Å². The van der Waals surface area contributed by atoms with E-state index in [1.807, 2.05) is 31.3 Å². The minimum absolute atomic E-state index is 0.701. The number of hydrogen-bond acceptors (Lipinski definition) is 2.